The largest absolute Gasteiger partial charge is 0.326 e. The molecule has 4 nitrogen and oxygen atoms in total. The highest BCUT2D eigenvalue weighted by atomic mass is 16.2. The molecule has 1 N–H and O–H groups in total. The molecule has 0 aromatic heterocycles. The van der Waals surface area contributed by atoms with E-state index in [1.807, 2.05) is 121 Å². The van der Waals surface area contributed by atoms with Gasteiger partial charge in [-0.05, 0) is 47.0 Å². The lowest BCUT2D eigenvalue weighted by Crippen LogP contribution is -2.28. The monoisotopic (exact) mass is 446 g/mol. The first-order chi connectivity index (χ1) is 16.7. The first-order valence-corrected chi connectivity index (χ1v) is 11.2. The molecule has 0 saturated carbocycles. The van der Waals surface area contributed by atoms with Gasteiger partial charge in [0.15, 0.2) is 0 Å². The standard InChI is InChI=1S/C30H26N2O2/c33-29(31-27-14-8-3-9-15-27)22-25-16-19-28(20-17-25)32(23-26-12-6-2-7-13-26)30(34)21-18-24-10-4-1-5-11-24/h1-21H,22-23H2,(H,31,33). The number of hydrogen-bond donors (Lipinski definition) is 1. The van der Waals surface area contributed by atoms with E-state index in [2.05, 4.69) is 5.32 Å². The van der Waals surface area contributed by atoms with E-state index < -0.39 is 0 Å². The quantitative estimate of drug-likeness (QED) is 0.332. The second kappa shape index (κ2) is 11.4. The van der Waals surface area contributed by atoms with Crippen LogP contribution in [0.4, 0.5) is 11.4 Å². The molecule has 0 heterocycles. The van der Waals surface area contributed by atoms with Crippen LogP contribution in [0.1, 0.15) is 16.7 Å². The van der Waals surface area contributed by atoms with Crippen LogP contribution in [0.25, 0.3) is 6.08 Å². The van der Waals surface area contributed by atoms with Gasteiger partial charge in [-0.3, -0.25) is 9.59 Å². The summed E-state index contributed by atoms with van der Waals surface area (Å²) < 4.78 is 0. The van der Waals surface area contributed by atoms with Gasteiger partial charge >= 0.3 is 0 Å². The van der Waals surface area contributed by atoms with E-state index >= 15 is 0 Å². The Morgan fingerprint density at radius 3 is 1.91 bits per heavy atom. The fourth-order valence-corrected chi connectivity index (χ4v) is 3.59. The Balaban J connectivity index is 1.49. The molecule has 0 aliphatic heterocycles. The Kier molecular flexibility index (Phi) is 7.65. The molecule has 0 spiro atoms. The maximum Gasteiger partial charge on any atom is 0.251 e. The van der Waals surface area contributed by atoms with E-state index in [1.165, 1.54) is 0 Å². The summed E-state index contributed by atoms with van der Waals surface area (Å²) in [5.41, 5.74) is 4.43. The molecule has 0 bridgehead atoms. The van der Waals surface area contributed by atoms with Gasteiger partial charge in [0.05, 0.1) is 13.0 Å². The first kappa shape index (κ1) is 22.7. The molecular weight excluding hydrogens is 420 g/mol. The summed E-state index contributed by atoms with van der Waals surface area (Å²) in [7, 11) is 0. The number of nitrogens with one attached hydrogen (secondary N) is 1. The fourth-order valence-electron chi connectivity index (χ4n) is 3.59. The van der Waals surface area contributed by atoms with Crippen LogP contribution in [0, 0.1) is 0 Å². The fraction of sp³-hybridized carbons (Fsp3) is 0.0667. The Hall–Kier alpha value is -4.44. The number of carbonyl (C=O) groups is 2. The predicted molar refractivity (Wildman–Crippen MR) is 138 cm³/mol. The minimum absolute atomic E-state index is 0.0815. The third-order valence-electron chi connectivity index (χ3n) is 5.34. The normalized spacial score (nSPS) is 10.7. The van der Waals surface area contributed by atoms with Crippen molar-refractivity contribution in [2.75, 3.05) is 10.2 Å². The molecule has 0 saturated heterocycles. The maximum absolute atomic E-state index is 13.2. The highest BCUT2D eigenvalue weighted by molar-refractivity contribution is 6.03. The van der Waals surface area contributed by atoms with Gasteiger partial charge in [-0.1, -0.05) is 91.0 Å². The molecule has 4 aromatic carbocycles. The summed E-state index contributed by atoms with van der Waals surface area (Å²) >= 11 is 0. The first-order valence-electron chi connectivity index (χ1n) is 11.2. The van der Waals surface area contributed by atoms with Crippen LogP contribution in [0.15, 0.2) is 121 Å². The number of anilines is 2. The number of amides is 2. The minimum Gasteiger partial charge on any atom is -0.326 e. The van der Waals surface area contributed by atoms with E-state index in [0.29, 0.717) is 6.54 Å². The lowest BCUT2D eigenvalue weighted by molar-refractivity contribution is -0.116. The molecule has 0 unspecified atom stereocenters. The van der Waals surface area contributed by atoms with E-state index in [4.69, 9.17) is 0 Å². The molecule has 2 amide bonds. The zero-order valence-electron chi connectivity index (χ0n) is 18.8. The summed E-state index contributed by atoms with van der Waals surface area (Å²) in [6.07, 6.45) is 3.68. The Morgan fingerprint density at radius 2 is 1.26 bits per heavy atom. The number of nitrogens with zero attached hydrogens (tertiary/aromatic N) is 1. The molecule has 34 heavy (non-hydrogen) atoms. The van der Waals surface area contributed by atoms with Gasteiger partial charge in [-0.2, -0.15) is 0 Å². The maximum atomic E-state index is 13.2. The van der Waals surface area contributed by atoms with Crippen LogP contribution >= 0.6 is 0 Å². The molecule has 0 radical (unpaired) electrons. The zero-order chi connectivity index (χ0) is 23.6. The topological polar surface area (TPSA) is 49.4 Å². The number of hydrogen-bond acceptors (Lipinski definition) is 2. The van der Waals surface area contributed by atoms with Gasteiger partial charge in [0.1, 0.15) is 0 Å². The Bertz CT molecular complexity index is 1240. The van der Waals surface area contributed by atoms with Crippen molar-refractivity contribution in [1.82, 2.24) is 0 Å². The lowest BCUT2D eigenvalue weighted by atomic mass is 10.1. The molecule has 168 valence electrons. The number of rotatable bonds is 8. The molecular formula is C30H26N2O2. The Morgan fingerprint density at radius 1 is 0.676 bits per heavy atom. The predicted octanol–water partition coefficient (Wildman–Crippen LogP) is 6.11. The smallest absolute Gasteiger partial charge is 0.251 e. The molecule has 0 aliphatic carbocycles. The summed E-state index contributed by atoms with van der Waals surface area (Å²) in [6.45, 7) is 0.451. The molecule has 0 fully saturated rings. The lowest BCUT2D eigenvalue weighted by Gasteiger charge is -2.22. The van der Waals surface area contributed by atoms with Gasteiger partial charge < -0.3 is 10.2 Å². The zero-order valence-corrected chi connectivity index (χ0v) is 18.8. The van der Waals surface area contributed by atoms with E-state index in [1.54, 1.807) is 11.0 Å². The molecule has 4 aromatic rings. The van der Waals surface area contributed by atoms with Gasteiger partial charge in [-0.15, -0.1) is 0 Å². The third-order valence-corrected chi connectivity index (χ3v) is 5.34. The van der Waals surface area contributed by atoms with Crippen molar-refractivity contribution in [1.29, 1.82) is 0 Å². The summed E-state index contributed by atoms with van der Waals surface area (Å²) in [5, 5.41) is 2.90. The van der Waals surface area contributed by atoms with Crippen molar-refractivity contribution in [2.24, 2.45) is 0 Å². The van der Waals surface area contributed by atoms with Crippen molar-refractivity contribution >= 4 is 29.3 Å². The molecule has 4 heteroatoms. The highest BCUT2D eigenvalue weighted by Gasteiger charge is 2.14. The SMILES string of the molecule is O=C(Cc1ccc(N(Cc2ccccc2)C(=O)C=Cc2ccccc2)cc1)Nc1ccccc1. The molecule has 4 rings (SSSR count). The van der Waals surface area contributed by atoms with Gasteiger partial charge in [0.25, 0.3) is 5.91 Å². The average Bonchev–Trinajstić information content (AvgIpc) is 2.88. The van der Waals surface area contributed by atoms with Crippen LogP contribution < -0.4 is 10.2 Å². The van der Waals surface area contributed by atoms with Crippen LogP contribution in [0.5, 0.6) is 0 Å². The summed E-state index contributed by atoms with van der Waals surface area (Å²) in [6, 6.07) is 36.6. The third kappa shape index (κ3) is 6.53. The van der Waals surface area contributed by atoms with Crippen LogP contribution in [0.2, 0.25) is 0 Å². The van der Waals surface area contributed by atoms with Gasteiger partial charge in [-0.25, -0.2) is 0 Å². The van der Waals surface area contributed by atoms with Crippen LogP contribution in [-0.2, 0) is 22.6 Å². The molecule has 0 aliphatic rings. The minimum atomic E-state index is -0.109. The van der Waals surface area contributed by atoms with Crippen LogP contribution in [0.3, 0.4) is 0 Å². The second-order valence-electron chi connectivity index (χ2n) is 7.91. The number of benzene rings is 4. The van der Waals surface area contributed by atoms with E-state index in [0.717, 1.165) is 28.1 Å². The van der Waals surface area contributed by atoms with Gasteiger partial charge in [0, 0.05) is 17.5 Å². The van der Waals surface area contributed by atoms with Gasteiger partial charge in [0.2, 0.25) is 5.91 Å². The van der Waals surface area contributed by atoms with Crippen molar-refractivity contribution in [3.8, 4) is 0 Å². The number of para-hydroxylation sites is 1. The van der Waals surface area contributed by atoms with Crippen molar-refractivity contribution in [2.45, 2.75) is 13.0 Å². The van der Waals surface area contributed by atoms with E-state index in [9.17, 15) is 9.59 Å². The highest BCUT2D eigenvalue weighted by Crippen LogP contribution is 2.20. The Labute approximate surface area is 200 Å². The summed E-state index contributed by atoms with van der Waals surface area (Å²) in [4.78, 5) is 27.3. The van der Waals surface area contributed by atoms with Crippen LogP contribution in [-0.4, -0.2) is 11.8 Å². The van der Waals surface area contributed by atoms with Crippen molar-refractivity contribution < 1.29 is 9.59 Å². The van der Waals surface area contributed by atoms with E-state index in [-0.39, 0.29) is 18.2 Å². The molecule has 0 atom stereocenters. The summed E-state index contributed by atoms with van der Waals surface area (Å²) in [5.74, 6) is -0.191. The van der Waals surface area contributed by atoms with Crippen molar-refractivity contribution in [3.63, 3.8) is 0 Å². The number of carbonyl (C=O) groups excluding carboxylic acids is 2. The second-order valence-corrected chi connectivity index (χ2v) is 7.91. The van der Waals surface area contributed by atoms with Crippen molar-refractivity contribution in [3.05, 3.63) is 138 Å². The average molecular weight is 447 g/mol.